The van der Waals surface area contributed by atoms with Crippen LogP contribution in [0.25, 0.3) is 22.0 Å². The van der Waals surface area contributed by atoms with Crippen molar-refractivity contribution in [2.45, 2.75) is 12.8 Å². The predicted octanol–water partition coefficient (Wildman–Crippen LogP) is 3.96. The van der Waals surface area contributed by atoms with Crippen LogP contribution < -0.4 is 0 Å². The Hall–Kier alpha value is -2.79. The lowest BCUT2D eigenvalue weighted by Crippen LogP contribution is -2.42. The van der Waals surface area contributed by atoms with E-state index >= 15 is 0 Å². The molecule has 0 saturated carbocycles. The molecule has 1 aliphatic heterocycles. The average molecular weight is 369 g/mol. The molecule has 1 saturated heterocycles. The molecule has 4 rings (SSSR count). The van der Waals surface area contributed by atoms with Crippen LogP contribution in [0.15, 0.2) is 42.6 Å². The van der Waals surface area contributed by atoms with Crippen LogP contribution in [-0.2, 0) is 11.2 Å². The second kappa shape index (κ2) is 6.50. The Kier molecular flexibility index (Phi) is 4.17. The van der Waals surface area contributed by atoms with Crippen LogP contribution in [0.2, 0.25) is 5.02 Å². The van der Waals surface area contributed by atoms with E-state index in [-0.39, 0.29) is 11.5 Å². The molecular formula is C20H17ClN2O3. The third-order valence-electron chi connectivity index (χ3n) is 4.83. The molecule has 0 bridgehead atoms. The largest absolute Gasteiger partial charge is 0.478 e. The van der Waals surface area contributed by atoms with Gasteiger partial charge < -0.3 is 15.0 Å². The van der Waals surface area contributed by atoms with Gasteiger partial charge in [0.05, 0.1) is 17.0 Å². The molecule has 2 aromatic carbocycles. The van der Waals surface area contributed by atoms with Gasteiger partial charge in [0, 0.05) is 35.8 Å². The number of aromatic amines is 1. The molecule has 26 heavy (non-hydrogen) atoms. The number of carboxylic acid groups (broad SMARTS) is 1. The summed E-state index contributed by atoms with van der Waals surface area (Å²) in [5.41, 5.74) is 3.51. The van der Waals surface area contributed by atoms with Gasteiger partial charge in [0.15, 0.2) is 0 Å². The highest BCUT2D eigenvalue weighted by Gasteiger charge is 2.20. The molecular weight excluding hydrogens is 352 g/mol. The van der Waals surface area contributed by atoms with E-state index in [2.05, 4.69) is 4.98 Å². The van der Waals surface area contributed by atoms with E-state index in [9.17, 15) is 14.7 Å². The molecule has 1 fully saturated rings. The number of amides is 1. The molecule has 5 nitrogen and oxygen atoms in total. The number of carbonyl (C=O) groups excluding carboxylic acids is 1. The van der Waals surface area contributed by atoms with E-state index in [4.69, 9.17) is 11.6 Å². The number of halogens is 1. The number of hydrogen-bond acceptors (Lipinski definition) is 2. The Morgan fingerprint density at radius 2 is 1.88 bits per heavy atom. The van der Waals surface area contributed by atoms with Crippen LogP contribution in [0.3, 0.4) is 0 Å². The summed E-state index contributed by atoms with van der Waals surface area (Å²) < 4.78 is 0. The molecule has 1 aromatic heterocycles. The van der Waals surface area contributed by atoms with Crippen LogP contribution in [0.1, 0.15) is 22.3 Å². The van der Waals surface area contributed by atoms with Gasteiger partial charge in [-0.2, -0.15) is 0 Å². The number of likely N-dealkylation sites (tertiary alicyclic amines) is 1. The number of rotatable bonds is 4. The number of benzene rings is 2. The number of aromatic carboxylic acids is 1. The van der Waals surface area contributed by atoms with Gasteiger partial charge in [-0.15, -0.1) is 0 Å². The minimum Gasteiger partial charge on any atom is -0.478 e. The zero-order valence-electron chi connectivity index (χ0n) is 14.0. The van der Waals surface area contributed by atoms with Crippen LogP contribution in [0.5, 0.6) is 0 Å². The molecule has 0 atom stereocenters. The highest BCUT2D eigenvalue weighted by molar-refractivity contribution is 6.34. The monoisotopic (exact) mass is 368 g/mol. The molecule has 1 amide bonds. The fourth-order valence-corrected chi connectivity index (χ4v) is 3.47. The molecule has 3 aromatic rings. The number of carbonyl (C=O) groups is 2. The van der Waals surface area contributed by atoms with Gasteiger partial charge in [-0.3, -0.25) is 4.79 Å². The van der Waals surface area contributed by atoms with E-state index in [0.29, 0.717) is 22.3 Å². The minimum atomic E-state index is -0.982. The highest BCUT2D eigenvalue weighted by Crippen LogP contribution is 2.33. The Morgan fingerprint density at radius 1 is 1.15 bits per heavy atom. The number of H-pyrrole nitrogens is 1. The Bertz CT molecular complexity index is 1000. The van der Waals surface area contributed by atoms with Crippen molar-refractivity contribution in [2.24, 2.45) is 0 Å². The summed E-state index contributed by atoms with van der Waals surface area (Å²) in [7, 11) is 0. The highest BCUT2D eigenvalue weighted by atomic mass is 35.5. The molecule has 1 aliphatic rings. The van der Waals surface area contributed by atoms with E-state index < -0.39 is 5.97 Å². The maximum Gasteiger partial charge on any atom is 0.337 e. The number of aromatic nitrogens is 1. The van der Waals surface area contributed by atoms with Gasteiger partial charge in [0.25, 0.3) is 0 Å². The maximum absolute atomic E-state index is 12.1. The topological polar surface area (TPSA) is 73.4 Å². The van der Waals surface area contributed by atoms with Crippen LogP contribution in [0, 0.1) is 0 Å². The molecule has 0 spiro atoms. The van der Waals surface area contributed by atoms with Crippen molar-refractivity contribution in [3.63, 3.8) is 0 Å². The SMILES string of the molecule is O=C(O)c1c[nH]c2cc(Cl)c(-c3ccc(CC(=O)N4CCC4)cc3)cc12. The van der Waals surface area contributed by atoms with Gasteiger partial charge in [-0.25, -0.2) is 4.79 Å². The Labute approximate surface area is 155 Å². The van der Waals surface area contributed by atoms with E-state index in [1.807, 2.05) is 29.2 Å². The summed E-state index contributed by atoms with van der Waals surface area (Å²) >= 11 is 6.39. The third-order valence-corrected chi connectivity index (χ3v) is 5.14. The first-order chi connectivity index (χ1) is 12.5. The van der Waals surface area contributed by atoms with Gasteiger partial charge in [0.1, 0.15) is 0 Å². The molecule has 132 valence electrons. The lowest BCUT2D eigenvalue weighted by atomic mass is 10.00. The molecule has 2 N–H and O–H groups in total. The van der Waals surface area contributed by atoms with Crippen molar-refractivity contribution in [3.8, 4) is 11.1 Å². The fourth-order valence-electron chi connectivity index (χ4n) is 3.20. The Balaban J connectivity index is 1.64. The normalized spacial score (nSPS) is 13.7. The first-order valence-corrected chi connectivity index (χ1v) is 8.82. The summed E-state index contributed by atoms with van der Waals surface area (Å²) in [5.74, 6) is -0.828. The quantitative estimate of drug-likeness (QED) is 0.732. The minimum absolute atomic E-state index is 0.155. The van der Waals surface area contributed by atoms with Gasteiger partial charge in [-0.05, 0) is 29.7 Å². The average Bonchev–Trinajstić information content (AvgIpc) is 2.96. The van der Waals surface area contributed by atoms with Gasteiger partial charge >= 0.3 is 5.97 Å². The van der Waals surface area contributed by atoms with Crippen molar-refractivity contribution >= 4 is 34.4 Å². The van der Waals surface area contributed by atoms with Crippen molar-refractivity contribution in [1.82, 2.24) is 9.88 Å². The first kappa shape index (κ1) is 16.7. The van der Waals surface area contributed by atoms with Gasteiger partial charge in [0.2, 0.25) is 5.91 Å². The first-order valence-electron chi connectivity index (χ1n) is 8.44. The summed E-state index contributed by atoms with van der Waals surface area (Å²) in [6.45, 7) is 1.71. The van der Waals surface area contributed by atoms with Crippen molar-refractivity contribution < 1.29 is 14.7 Å². The number of nitrogens with one attached hydrogen (secondary N) is 1. The van der Waals surface area contributed by atoms with Crippen LogP contribution in [-0.4, -0.2) is 40.0 Å². The number of fused-ring (bicyclic) bond motifs is 1. The Morgan fingerprint density at radius 3 is 2.50 bits per heavy atom. The van der Waals surface area contributed by atoms with E-state index in [1.165, 1.54) is 6.20 Å². The zero-order chi connectivity index (χ0) is 18.3. The summed E-state index contributed by atoms with van der Waals surface area (Å²) in [5, 5.41) is 10.5. The standard InChI is InChI=1S/C20H17ClN2O3/c21-17-10-18-15(16(11-22-18)20(25)26)9-14(17)13-4-2-12(3-5-13)8-19(24)23-6-1-7-23/h2-5,9-11,22H,1,6-8H2,(H,25,26). The molecule has 0 unspecified atom stereocenters. The van der Waals surface area contributed by atoms with Crippen molar-refractivity contribution in [2.75, 3.05) is 13.1 Å². The van der Waals surface area contributed by atoms with Crippen molar-refractivity contribution in [1.29, 1.82) is 0 Å². The number of carboxylic acids is 1. The summed E-state index contributed by atoms with van der Waals surface area (Å²) in [6.07, 6.45) is 2.95. The molecule has 6 heteroatoms. The van der Waals surface area contributed by atoms with Crippen LogP contribution >= 0.6 is 11.6 Å². The maximum atomic E-state index is 12.1. The molecule has 0 radical (unpaired) electrons. The van der Waals surface area contributed by atoms with Crippen LogP contribution in [0.4, 0.5) is 0 Å². The molecule has 2 heterocycles. The summed E-state index contributed by atoms with van der Waals surface area (Å²) in [6, 6.07) is 11.2. The smallest absolute Gasteiger partial charge is 0.337 e. The zero-order valence-corrected chi connectivity index (χ0v) is 14.7. The van der Waals surface area contributed by atoms with Gasteiger partial charge in [-0.1, -0.05) is 35.9 Å². The van der Waals surface area contributed by atoms with E-state index in [0.717, 1.165) is 36.2 Å². The van der Waals surface area contributed by atoms with E-state index in [1.54, 1.807) is 12.1 Å². The number of hydrogen-bond donors (Lipinski definition) is 2. The summed E-state index contributed by atoms with van der Waals surface area (Å²) in [4.78, 5) is 28.2. The predicted molar refractivity (Wildman–Crippen MR) is 101 cm³/mol. The fraction of sp³-hybridized carbons (Fsp3) is 0.200. The number of nitrogens with zero attached hydrogens (tertiary/aromatic N) is 1. The van der Waals surface area contributed by atoms with Crippen molar-refractivity contribution in [3.05, 3.63) is 58.7 Å². The lowest BCUT2D eigenvalue weighted by Gasteiger charge is -2.30. The second-order valence-corrected chi connectivity index (χ2v) is 6.90. The third kappa shape index (κ3) is 2.95. The lowest BCUT2D eigenvalue weighted by molar-refractivity contribution is -0.133. The second-order valence-electron chi connectivity index (χ2n) is 6.49. The molecule has 0 aliphatic carbocycles.